The third-order valence-corrected chi connectivity index (χ3v) is 8.95. The van der Waals surface area contributed by atoms with Crippen LogP contribution in [0.2, 0.25) is 0 Å². The molecule has 2 fully saturated rings. The molecule has 11 heteroatoms. The number of amides is 4. The molecule has 11 nitrogen and oxygen atoms in total. The Labute approximate surface area is 260 Å². The Morgan fingerprint density at radius 3 is 2.59 bits per heavy atom. The summed E-state index contributed by atoms with van der Waals surface area (Å²) in [6.45, 7) is 6.44. The zero-order chi connectivity index (χ0) is 31.9. The van der Waals surface area contributed by atoms with E-state index in [2.05, 4.69) is 10.6 Å². The second-order valence-corrected chi connectivity index (χ2v) is 13.0. The molecule has 4 amide bonds. The largest absolute Gasteiger partial charge is 0.494 e. The van der Waals surface area contributed by atoms with Crippen molar-refractivity contribution in [1.82, 2.24) is 15.5 Å². The van der Waals surface area contributed by atoms with Crippen LogP contribution in [-0.2, 0) is 35.1 Å². The molecule has 2 heterocycles. The van der Waals surface area contributed by atoms with Crippen molar-refractivity contribution in [3.05, 3.63) is 29.8 Å². The van der Waals surface area contributed by atoms with Crippen molar-refractivity contribution in [2.24, 2.45) is 11.7 Å². The molecule has 1 aromatic carbocycles. The summed E-state index contributed by atoms with van der Waals surface area (Å²) in [6.07, 6.45) is 6.63. The lowest BCUT2D eigenvalue weighted by Gasteiger charge is -2.35. The van der Waals surface area contributed by atoms with Crippen molar-refractivity contribution in [2.75, 3.05) is 13.2 Å². The highest BCUT2D eigenvalue weighted by molar-refractivity contribution is 6.37. The van der Waals surface area contributed by atoms with Gasteiger partial charge in [0.05, 0.1) is 30.8 Å². The van der Waals surface area contributed by atoms with E-state index < -0.39 is 47.4 Å². The van der Waals surface area contributed by atoms with Crippen molar-refractivity contribution >= 4 is 29.4 Å². The van der Waals surface area contributed by atoms with Gasteiger partial charge in [-0.3, -0.25) is 24.0 Å². The first kappa shape index (κ1) is 33.4. The van der Waals surface area contributed by atoms with Crippen molar-refractivity contribution in [1.29, 1.82) is 0 Å². The Hall–Kier alpha value is -3.47. The minimum atomic E-state index is -1.12. The molecule has 0 spiro atoms. The minimum Gasteiger partial charge on any atom is -0.494 e. The van der Waals surface area contributed by atoms with Crippen LogP contribution in [0, 0.1) is 5.92 Å². The lowest BCUT2D eigenvalue weighted by atomic mass is 9.83. The number of hydrogen-bond acceptors (Lipinski definition) is 7. The van der Waals surface area contributed by atoms with Gasteiger partial charge in [-0.2, -0.15) is 0 Å². The molecule has 4 rings (SSSR count). The van der Waals surface area contributed by atoms with Crippen LogP contribution in [0.4, 0.5) is 0 Å². The van der Waals surface area contributed by atoms with Gasteiger partial charge in [-0.05, 0) is 69.6 Å². The summed E-state index contributed by atoms with van der Waals surface area (Å²) < 4.78 is 12.5. The summed E-state index contributed by atoms with van der Waals surface area (Å²) in [5.41, 5.74) is 5.48. The first-order chi connectivity index (χ1) is 21.0. The molecule has 1 saturated heterocycles. The summed E-state index contributed by atoms with van der Waals surface area (Å²) in [7, 11) is 0. The Kier molecular flexibility index (Phi) is 11.4. The first-order valence-corrected chi connectivity index (χ1v) is 16.1. The monoisotopic (exact) mass is 612 g/mol. The number of carbonyl (C=O) groups is 5. The van der Waals surface area contributed by atoms with Gasteiger partial charge in [-0.15, -0.1) is 0 Å². The molecule has 242 valence electrons. The van der Waals surface area contributed by atoms with Gasteiger partial charge in [0.1, 0.15) is 17.8 Å². The predicted molar refractivity (Wildman–Crippen MR) is 163 cm³/mol. The van der Waals surface area contributed by atoms with Crippen molar-refractivity contribution in [3.8, 4) is 5.75 Å². The molecule has 0 aromatic heterocycles. The number of benzene rings is 1. The lowest BCUT2D eigenvalue weighted by Crippen LogP contribution is -2.58. The van der Waals surface area contributed by atoms with Crippen LogP contribution in [0.15, 0.2) is 24.3 Å². The fourth-order valence-corrected chi connectivity index (χ4v) is 6.75. The quantitative estimate of drug-likeness (QED) is 0.400. The smallest absolute Gasteiger partial charge is 0.287 e. The number of ketones is 1. The van der Waals surface area contributed by atoms with E-state index in [1.165, 1.54) is 4.90 Å². The van der Waals surface area contributed by atoms with Gasteiger partial charge >= 0.3 is 0 Å². The number of hydrogen-bond donors (Lipinski definition) is 3. The summed E-state index contributed by atoms with van der Waals surface area (Å²) in [5, 5.41) is 5.73. The maximum Gasteiger partial charge on any atom is 0.287 e. The molecule has 4 N–H and O–H groups in total. The maximum absolute atomic E-state index is 14.4. The van der Waals surface area contributed by atoms with Crippen molar-refractivity contribution in [3.63, 3.8) is 0 Å². The van der Waals surface area contributed by atoms with Gasteiger partial charge in [0.2, 0.25) is 23.5 Å². The Morgan fingerprint density at radius 1 is 1.14 bits per heavy atom. The number of rotatable bonds is 7. The molecule has 3 aliphatic rings. The number of carbonyl (C=O) groups excluding carboxylic acids is 5. The molecule has 1 saturated carbocycles. The van der Waals surface area contributed by atoms with Crippen LogP contribution >= 0.6 is 0 Å². The third-order valence-electron chi connectivity index (χ3n) is 8.95. The first-order valence-electron chi connectivity index (χ1n) is 16.1. The summed E-state index contributed by atoms with van der Waals surface area (Å²) >= 11 is 0. The lowest BCUT2D eigenvalue weighted by molar-refractivity contribution is -0.144. The molecule has 4 bridgehead atoms. The molecule has 1 aliphatic carbocycles. The van der Waals surface area contributed by atoms with E-state index in [0.29, 0.717) is 31.6 Å². The molecule has 1 aromatic rings. The van der Waals surface area contributed by atoms with E-state index in [1.807, 2.05) is 45.0 Å². The zero-order valence-electron chi connectivity index (χ0n) is 26.3. The molecular weight excluding hydrogens is 564 g/mol. The number of fused-ring (bicyclic) bond motifs is 4. The predicted octanol–water partition coefficient (Wildman–Crippen LogP) is 2.57. The van der Waals surface area contributed by atoms with Crippen LogP contribution in [0.1, 0.15) is 90.5 Å². The fraction of sp³-hybridized carbons (Fsp3) is 0.667. The average molecular weight is 613 g/mol. The number of nitrogens with one attached hydrogen (secondary N) is 2. The highest BCUT2D eigenvalue weighted by Gasteiger charge is 2.46. The molecule has 2 aliphatic heterocycles. The van der Waals surface area contributed by atoms with Crippen LogP contribution in [0.25, 0.3) is 0 Å². The maximum atomic E-state index is 14.4. The number of Topliss-reactive ketones (excluding diaryl/α,β-unsaturated/α-hetero) is 1. The van der Waals surface area contributed by atoms with Gasteiger partial charge < -0.3 is 30.7 Å². The second-order valence-electron chi connectivity index (χ2n) is 13.0. The van der Waals surface area contributed by atoms with Gasteiger partial charge in [0.15, 0.2) is 0 Å². The summed E-state index contributed by atoms with van der Waals surface area (Å²) in [5.74, 6) is -2.51. The number of primary amides is 1. The molecule has 2 unspecified atom stereocenters. The van der Waals surface area contributed by atoms with E-state index >= 15 is 0 Å². The van der Waals surface area contributed by atoms with Crippen LogP contribution in [0.5, 0.6) is 5.75 Å². The van der Waals surface area contributed by atoms with E-state index in [1.54, 1.807) is 0 Å². The minimum absolute atomic E-state index is 0.0682. The number of nitrogens with two attached hydrogens (primary N) is 1. The van der Waals surface area contributed by atoms with Crippen molar-refractivity contribution < 1.29 is 33.4 Å². The second kappa shape index (κ2) is 15.0. The Balaban J connectivity index is 1.66. The Morgan fingerprint density at radius 2 is 1.89 bits per heavy atom. The highest BCUT2D eigenvalue weighted by atomic mass is 16.5. The van der Waals surface area contributed by atoms with E-state index in [9.17, 15) is 24.0 Å². The molecule has 44 heavy (non-hydrogen) atoms. The SMILES string of the molecule is CCC[C@H](NC(=O)C1C[C@@H]2CN1C(=O)C(C1CCCCC1)NC(=O)Cc1cccc(c1)OCCCC(C)(C)O2)C(=O)C(N)=O. The van der Waals surface area contributed by atoms with Gasteiger partial charge in [-0.25, -0.2) is 0 Å². The summed E-state index contributed by atoms with van der Waals surface area (Å²) in [6, 6.07) is 4.61. The van der Waals surface area contributed by atoms with E-state index in [0.717, 1.165) is 37.7 Å². The average Bonchev–Trinajstić information content (AvgIpc) is 3.40. The van der Waals surface area contributed by atoms with Gasteiger partial charge in [0, 0.05) is 13.0 Å². The number of nitrogens with zero attached hydrogens (tertiary/aromatic N) is 1. The van der Waals surface area contributed by atoms with Crippen LogP contribution < -0.4 is 21.1 Å². The normalized spacial score (nSPS) is 25.7. The molecule has 0 radical (unpaired) electrons. The topological polar surface area (TPSA) is 157 Å². The van der Waals surface area contributed by atoms with Crippen LogP contribution in [-0.4, -0.2) is 77.3 Å². The number of ether oxygens (including phenoxy) is 2. The van der Waals surface area contributed by atoms with E-state index in [4.69, 9.17) is 15.2 Å². The Bertz CT molecular complexity index is 1210. The highest BCUT2D eigenvalue weighted by Crippen LogP contribution is 2.32. The van der Waals surface area contributed by atoms with Gasteiger partial charge in [-0.1, -0.05) is 44.7 Å². The zero-order valence-corrected chi connectivity index (χ0v) is 26.3. The van der Waals surface area contributed by atoms with E-state index in [-0.39, 0.29) is 43.5 Å². The van der Waals surface area contributed by atoms with Gasteiger partial charge in [0.25, 0.3) is 5.91 Å². The standard InChI is InChI=1S/C33H48N4O7/c1-4-10-25(29(39)30(34)40)35-31(41)26-19-24-20-37(26)32(42)28(22-12-6-5-7-13-22)36-27(38)18-21-11-8-14-23(17-21)43-16-9-15-33(2,3)44-24/h8,11,14,17,22,24-26,28H,4-7,9-10,12-13,15-16,18-20H2,1-3H3,(H2,34,40)(H,35,41)(H,36,38)/t24-,25+,26?,28?/m1/s1. The summed E-state index contributed by atoms with van der Waals surface area (Å²) in [4.78, 5) is 67.2. The molecular formula is C33H48N4O7. The fourth-order valence-electron chi connectivity index (χ4n) is 6.75. The molecule has 4 atom stereocenters. The van der Waals surface area contributed by atoms with Crippen LogP contribution in [0.3, 0.4) is 0 Å². The van der Waals surface area contributed by atoms with Crippen molar-refractivity contribution in [2.45, 2.75) is 121 Å². The third kappa shape index (κ3) is 8.80.